The van der Waals surface area contributed by atoms with Crippen molar-refractivity contribution in [1.82, 2.24) is 0 Å². The lowest BCUT2D eigenvalue weighted by atomic mass is 10.1. The van der Waals surface area contributed by atoms with E-state index in [0.717, 1.165) is 11.0 Å². The Kier molecular flexibility index (Phi) is 4.40. The molecule has 136 valence electrons. The van der Waals surface area contributed by atoms with Crippen molar-refractivity contribution >= 4 is 35.2 Å². The van der Waals surface area contributed by atoms with Crippen molar-refractivity contribution < 1.29 is 22.4 Å². The average molecular weight is 407 g/mol. The van der Waals surface area contributed by atoms with Crippen LogP contribution < -0.4 is 0 Å². The Morgan fingerprint density at radius 1 is 1.04 bits per heavy atom. The first-order valence-electron chi connectivity index (χ1n) is 7.83. The number of Topliss-reactive ketones (excluding diaryl/α,β-unsaturated/α-hetero) is 1. The number of rotatable bonds is 2. The number of fused-ring (bicyclic) bond motifs is 1. The number of hydrogen-bond acceptors (Lipinski definition) is 3. The van der Waals surface area contributed by atoms with E-state index in [1.54, 1.807) is 30.3 Å². The Hall–Kier alpha value is -2.44. The van der Waals surface area contributed by atoms with Crippen LogP contribution in [-0.4, -0.2) is 5.78 Å². The van der Waals surface area contributed by atoms with Crippen molar-refractivity contribution in [3.63, 3.8) is 0 Å². The minimum atomic E-state index is -4.55. The van der Waals surface area contributed by atoms with Gasteiger partial charge in [0, 0.05) is 16.0 Å². The third kappa shape index (κ3) is 3.42. The Morgan fingerprint density at radius 2 is 1.81 bits per heavy atom. The van der Waals surface area contributed by atoms with Gasteiger partial charge in [-0.15, -0.1) is 0 Å². The highest BCUT2D eigenvalue weighted by molar-refractivity contribution is 8.04. The standard InChI is InChI=1S/C20H10ClF3O2S/c21-15-7-5-11(9-14(15)20(22,23)24)16-8-6-12(26-16)10-18-19(25)13-3-1-2-4-17(13)27-18/h1-10H/b18-10-. The number of carbonyl (C=O) groups excluding carboxylic acids is 1. The van der Waals surface area contributed by atoms with E-state index in [2.05, 4.69) is 0 Å². The number of carbonyl (C=O) groups is 1. The number of alkyl halides is 3. The maximum absolute atomic E-state index is 13.0. The Labute approximate surface area is 161 Å². The van der Waals surface area contributed by atoms with Crippen LogP contribution in [0.4, 0.5) is 13.2 Å². The molecule has 2 heterocycles. The molecule has 0 amide bonds. The van der Waals surface area contributed by atoms with Crippen LogP contribution in [0.2, 0.25) is 5.02 Å². The first kappa shape index (κ1) is 17.9. The molecule has 0 spiro atoms. The maximum atomic E-state index is 13.0. The predicted octanol–water partition coefficient (Wildman–Crippen LogP) is 6.95. The second kappa shape index (κ2) is 6.62. The Bertz CT molecular complexity index is 1080. The summed E-state index contributed by atoms with van der Waals surface area (Å²) < 4.78 is 44.7. The fraction of sp³-hybridized carbons (Fsp3) is 0.0500. The van der Waals surface area contributed by atoms with Gasteiger partial charge in [0.2, 0.25) is 5.78 Å². The quantitative estimate of drug-likeness (QED) is 0.431. The van der Waals surface area contributed by atoms with Gasteiger partial charge < -0.3 is 4.42 Å². The van der Waals surface area contributed by atoms with Crippen LogP contribution in [0, 0.1) is 0 Å². The van der Waals surface area contributed by atoms with E-state index in [-0.39, 0.29) is 22.1 Å². The molecule has 0 fully saturated rings. The zero-order valence-electron chi connectivity index (χ0n) is 13.5. The summed E-state index contributed by atoms with van der Waals surface area (Å²) in [6.07, 6.45) is -2.96. The highest BCUT2D eigenvalue weighted by atomic mass is 35.5. The van der Waals surface area contributed by atoms with Gasteiger partial charge in [0.25, 0.3) is 0 Å². The normalized spacial score (nSPS) is 15.4. The number of furan rings is 1. The van der Waals surface area contributed by atoms with Crippen LogP contribution in [0.1, 0.15) is 21.7 Å². The zero-order valence-corrected chi connectivity index (χ0v) is 15.1. The monoisotopic (exact) mass is 406 g/mol. The van der Waals surface area contributed by atoms with Gasteiger partial charge in [-0.1, -0.05) is 35.5 Å². The van der Waals surface area contributed by atoms with E-state index in [4.69, 9.17) is 16.0 Å². The molecule has 3 aromatic rings. The summed E-state index contributed by atoms with van der Waals surface area (Å²) in [5.41, 5.74) is -0.0342. The van der Waals surface area contributed by atoms with Gasteiger partial charge in [0.1, 0.15) is 11.5 Å². The van der Waals surface area contributed by atoms with E-state index in [1.165, 1.54) is 23.9 Å². The van der Waals surface area contributed by atoms with Crippen molar-refractivity contribution in [2.24, 2.45) is 0 Å². The average Bonchev–Trinajstić information content (AvgIpc) is 3.20. The first-order valence-corrected chi connectivity index (χ1v) is 9.02. The van der Waals surface area contributed by atoms with Gasteiger partial charge in [-0.3, -0.25) is 4.79 Å². The summed E-state index contributed by atoms with van der Waals surface area (Å²) in [4.78, 5) is 13.8. The Morgan fingerprint density at radius 3 is 2.56 bits per heavy atom. The fourth-order valence-corrected chi connectivity index (χ4v) is 4.00. The van der Waals surface area contributed by atoms with E-state index in [9.17, 15) is 18.0 Å². The topological polar surface area (TPSA) is 30.2 Å². The molecule has 2 nitrogen and oxygen atoms in total. The molecule has 4 rings (SSSR count). The number of allylic oxidation sites excluding steroid dienone is 1. The molecule has 1 aliphatic rings. The third-order valence-electron chi connectivity index (χ3n) is 4.03. The van der Waals surface area contributed by atoms with Crippen molar-refractivity contribution in [2.75, 3.05) is 0 Å². The molecule has 7 heteroatoms. The minimum absolute atomic E-state index is 0.0978. The molecule has 0 unspecified atom stereocenters. The second-order valence-corrected chi connectivity index (χ2v) is 7.32. The molecule has 27 heavy (non-hydrogen) atoms. The number of benzene rings is 2. The highest BCUT2D eigenvalue weighted by Crippen LogP contribution is 2.41. The van der Waals surface area contributed by atoms with Crippen molar-refractivity contribution in [3.05, 3.63) is 81.4 Å². The molecular weight excluding hydrogens is 397 g/mol. The number of halogens is 4. The lowest BCUT2D eigenvalue weighted by Crippen LogP contribution is -2.05. The molecule has 1 aliphatic heterocycles. The first-order chi connectivity index (χ1) is 12.8. The van der Waals surface area contributed by atoms with Gasteiger partial charge in [-0.05, 0) is 48.5 Å². The minimum Gasteiger partial charge on any atom is -0.457 e. The molecule has 0 bridgehead atoms. The molecule has 0 radical (unpaired) electrons. The largest absolute Gasteiger partial charge is 0.457 e. The summed E-state index contributed by atoms with van der Waals surface area (Å²) in [6.45, 7) is 0. The van der Waals surface area contributed by atoms with Crippen LogP contribution in [0.15, 0.2) is 68.8 Å². The zero-order chi connectivity index (χ0) is 19.2. The fourth-order valence-electron chi connectivity index (χ4n) is 2.75. The summed E-state index contributed by atoms with van der Waals surface area (Å²) in [5.74, 6) is 0.550. The predicted molar refractivity (Wildman–Crippen MR) is 98.8 cm³/mol. The molecule has 0 saturated heterocycles. The van der Waals surface area contributed by atoms with Gasteiger partial charge >= 0.3 is 6.18 Å². The summed E-state index contributed by atoms with van der Waals surface area (Å²) >= 11 is 6.98. The van der Waals surface area contributed by atoms with E-state index in [0.29, 0.717) is 16.2 Å². The SMILES string of the molecule is O=C1/C(=C/c2ccc(-c3ccc(Cl)c(C(F)(F)F)c3)o2)Sc2ccccc21. The van der Waals surface area contributed by atoms with Gasteiger partial charge in [-0.2, -0.15) is 13.2 Å². The molecule has 0 atom stereocenters. The molecule has 2 aromatic carbocycles. The van der Waals surface area contributed by atoms with E-state index >= 15 is 0 Å². The molecule has 0 aliphatic carbocycles. The molecule has 0 saturated carbocycles. The Balaban J connectivity index is 1.65. The van der Waals surface area contributed by atoms with Crippen LogP contribution >= 0.6 is 23.4 Å². The lowest BCUT2D eigenvalue weighted by molar-refractivity contribution is -0.137. The highest BCUT2D eigenvalue weighted by Gasteiger charge is 2.33. The molecule has 1 aromatic heterocycles. The second-order valence-electron chi connectivity index (χ2n) is 5.83. The maximum Gasteiger partial charge on any atom is 0.417 e. The van der Waals surface area contributed by atoms with Crippen LogP contribution in [0.25, 0.3) is 17.4 Å². The summed E-state index contributed by atoms with van der Waals surface area (Å²) in [5, 5.41) is -0.370. The van der Waals surface area contributed by atoms with Crippen LogP contribution in [0.3, 0.4) is 0 Å². The summed E-state index contributed by atoms with van der Waals surface area (Å²) in [7, 11) is 0. The molecular formula is C20H10ClF3O2S. The van der Waals surface area contributed by atoms with Crippen LogP contribution in [0.5, 0.6) is 0 Å². The van der Waals surface area contributed by atoms with E-state index in [1.807, 2.05) is 12.1 Å². The lowest BCUT2D eigenvalue weighted by Gasteiger charge is -2.09. The van der Waals surface area contributed by atoms with Crippen molar-refractivity contribution in [1.29, 1.82) is 0 Å². The smallest absolute Gasteiger partial charge is 0.417 e. The third-order valence-corrected chi connectivity index (χ3v) is 5.46. The van der Waals surface area contributed by atoms with Crippen LogP contribution in [-0.2, 0) is 6.18 Å². The molecule has 0 N–H and O–H groups in total. The van der Waals surface area contributed by atoms with Gasteiger partial charge in [0.15, 0.2) is 0 Å². The summed E-state index contributed by atoms with van der Waals surface area (Å²) in [6, 6.07) is 14.0. The number of thioether (sulfide) groups is 1. The number of hydrogen-bond donors (Lipinski definition) is 0. The van der Waals surface area contributed by atoms with Crippen molar-refractivity contribution in [3.8, 4) is 11.3 Å². The van der Waals surface area contributed by atoms with Gasteiger partial charge in [-0.25, -0.2) is 0 Å². The van der Waals surface area contributed by atoms with Crippen molar-refractivity contribution in [2.45, 2.75) is 11.1 Å². The van der Waals surface area contributed by atoms with E-state index < -0.39 is 11.7 Å². The number of ketones is 1. The van der Waals surface area contributed by atoms with Gasteiger partial charge in [0.05, 0.1) is 15.5 Å².